The predicted molar refractivity (Wildman–Crippen MR) is 112 cm³/mol. The van der Waals surface area contributed by atoms with Crippen molar-refractivity contribution < 1.29 is 0 Å². The predicted octanol–water partition coefficient (Wildman–Crippen LogP) is 4.77. The average Bonchev–Trinajstić information content (AvgIpc) is 2.69. The van der Waals surface area contributed by atoms with Gasteiger partial charge >= 0.3 is 18.0 Å². The second kappa shape index (κ2) is 8.32. The first-order valence-corrected chi connectivity index (χ1v) is 8.71. The van der Waals surface area contributed by atoms with Crippen molar-refractivity contribution in [2.45, 2.75) is 25.7 Å². The first-order valence-electron chi connectivity index (χ1n) is 8.71. The molecule has 5 rings (SSSR count). The molecule has 25 heavy (non-hydrogen) atoms. The Bertz CT molecular complexity index is 937. The third kappa shape index (κ3) is 3.78. The van der Waals surface area contributed by atoms with Gasteiger partial charge in [0.15, 0.2) is 0 Å². The first-order chi connectivity index (χ1) is 11.9. The fourth-order valence-electron chi connectivity index (χ4n) is 3.66. The minimum absolute atomic E-state index is 0. The van der Waals surface area contributed by atoms with Crippen LogP contribution in [0.4, 0.5) is 0 Å². The molecular weight excluding hydrogens is 365 g/mol. The van der Waals surface area contributed by atoms with E-state index in [1.54, 1.807) is 23.5 Å². The molecule has 4 aromatic rings. The topological polar surface area (TPSA) is 12.9 Å². The summed E-state index contributed by atoms with van der Waals surface area (Å²) in [5.74, 6) is 0. The van der Waals surface area contributed by atoms with E-state index in [1.807, 2.05) is 18.2 Å². The maximum atomic E-state index is 3.78. The first kappa shape index (κ1) is 17.7. The molecule has 0 radical (unpaired) electrons. The van der Waals surface area contributed by atoms with E-state index in [9.17, 15) is 0 Å². The van der Waals surface area contributed by atoms with Gasteiger partial charge in [-0.15, -0.1) is 0 Å². The Hall–Kier alpha value is -2.11. The number of aryl methyl sites for hydroxylation is 2. The van der Waals surface area contributed by atoms with E-state index >= 15 is 0 Å². The molecule has 126 valence electrons. The van der Waals surface area contributed by atoms with Gasteiger partial charge in [0, 0.05) is 12.4 Å². The van der Waals surface area contributed by atoms with Crippen LogP contribution >= 0.6 is 0 Å². The zero-order chi connectivity index (χ0) is 16.2. The van der Waals surface area contributed by atoms with Gasteiger partial charge < -0.3 is 0 Å². The van der Waals surface area contributed by atoms with E-state index in [1.165, 1.54) is 47.2 Å². The van der Waals surface area contributed by atoms with Crippen molar-refractivity contribution >= 4 is 39.5 Å². The number of aromatic nitrogens is 1. The quantitative estimate of drug-likeness (QED) is 0.312. The van der Waals surface area contributed by atoms with Gasteiger partial charge in [0.25, 0.3) is 0 Å². The number of rotatable bonds is 0. The van der Waals surface area contributed by atoms with E-state index in [-0.39, 0.29) is 18.0 Å². The summed E-state index contributed by atoms with van der Waals surface area (Å²) in [4.78, 5) is 3.78. The van der Waals surface area contributed by atoms with Crippen molar-refractivity contribution in [3.63, 3.8) is 0 Å². The fraction of sp³-hybridized carbons (Fsp3) is 0.174. The molecule has 2 heteroatoms. The van der Waals surface area contributed by atoms with Crippen molar-refractivity contribution in [3.05, 3.63) is 90.3 Å². The summed E-state index contributed by atoms with van der Waals surface area (Å²) in [5.41, 5.74) is 3.17. The van der Waals surface area contributed by atoms with E-state index in [2.05, 4.69) is 53.5 Å². The van der Waals surface area contributed by atoms with Crippen LogP contribution in [0.2, 0.25) is 0 Å². The van der Waals surface area contributed by atoms with Crippen LogP contribution in [0.1, 0.15) is 24.0 Å². The Morgan fingerprint density at radius 3 is 2.12 bits per heavy atom. The summed E-state index contributed by atoms with van der Waals surface area (Å²) in [6.45, 7) is 0. The van der Waals surface area contributed by atoms with Crippen LogP contribution < -0.4 is 0 Å². The van der Waals surface area contributed by atoms with Gasteiger partial charge in [-0.1, -0.05) is 54.6 Å². The van der Waals surface area contributed by atoms with Gasteiger partial charge in [-0.3, -0.25) is 4.98 Å². The minimum atomic E-state index is 0. The van der Waals surface area contributed by atoms with Crippen molar-refractivity contribution in [2.24, 2.45) is 0 Å². The molecule has 1 unspecified atom stereocenters. The smallest absolute Gasteiger partial charge is 0.0267 e. The molecule has 0 spiro atoms. The van der Waals surface area contributed by atoms with Crippen molar-refractivity contribution in [1.29, 1.82) is 0 Å². The second-order valence-corrected chi connectivity index (χ2v) is 6.32. The summed E-state index contributed by atoms with van der Waals surface area (Å²) < 4.78 is 0. The molecule has 0 N–H and O–H groups in total. The summed E-state index contributed by atoms with van der Waals surface area (Å²) in [7, 11) is 0. The zero-order valence-electron chi connectivity index (χ0n) is 14.5. The third-order valence-corrected chi connectivity index (χ3v) is 4.82. The Kier molecular flexibility index (Phi) is 5.89. The van der Waals surface area contributed by atoms with Crippen molar-refractivity contribution in [2.75, 3.05) is 0 Å². The van der Waals surface area contributed by atoms with Crippen molar-refractivity contribution in [3.8, 4) is 0 Å². The van der Waals surface area contributed by atoms with E-state index in [0.717, 1.165) is 0 Å². The van der Waals surface area contributed by atoms with Gasteiger partial charge in [0.1, 0.15) is 0 Å². The van der Waals surface area contributed by atoms with E-state index < -0.39 is 0 Å². The van der Waals surface area contributed by atoms with Crippen LogP contribution in [0.25, 0.3) is 21.5 Å². The molecule has 0 saturated carbocycles. The molecule has 0 bridgehead atoms. The van der Waals surface area contributed by atoms with Crippen LogP contribution in [0.5, 0.6) is 0 Å². The normalized spacial score (nSPS) is 12.6. The Balaban J connectivity index is 0.000000224. The second-order valence-electron chi connectivity index (χ2n) is 6.32. The van der Waals surface area contributed by atoms with Gasteiger partial charge in [0.2, 0.25) is 0 Å². The van der Waals surface area contributed by atoms with Crippen LogP contribution in [0, 0.1) is 0 Å². The molecule has 1 nitrogen and oxygen atoms in total. The molecular formula is C23H24AsN. The van der Waals surface area contributed by atoms with Crippen molar-refractivity contribution in [1.82, 2.24) is 4.98 Å². The van der Waals surface area contributed by atoms with Gasteiger partial charge in [-0.25, -0.2) is 0 Å². The molecule has 0 saturated heterocycles. The summed E-state index contributed by atoms with van der Waals surface area (Å²) >= 11 is 0. The maximum Gasteiger partial charge on any atom is 0.0267 e. The van der Waals surface area contributed by atoms with Crippen LogP contribution in [-0.2, 0) is 12.8 Å². The van der Waals surface area contributed by atoms with E-state index in [4.69, 9.17) is 0 Å². The number of hydrogen-bond acceptors (Lipinski definition) is 1. The third-order valence-electron chi connectivity index (χ3n) is 4.82. The Morgan fingerprint density at radius 2 is 1.36 bits per heavy atom. The molecule has 0 aliphatic heterocycles. The van der Waals surface area contributed by atoms with Gasteiger partial charge in [-0.2, -0.15) is 0 Å². The Morgan fingerprint density at radius 1 is 0.600 bits per heavy atom. The standard InChI is InChI=1S/C18H16.C5H5N.AsH3/c1-3-7-15-13(5-1)9-11-18-16-8-4-2-6-14(16)10-12-17(15)18;1-2-4-6-5-3-1;/h1,3,5,7,9-12H,2,4,6,8H2;1-5H;1H3. The minimum Gasteiger partial charge on any atom is -0.265 e. The number of benzene rings is 3. The average molecular weight is 389 g/mol. The molecule has 0 fully saturated rings. The summed E-state index contributed by atoms with van der Waals surface area (Å²) in [5, 5.41) is 5.64. The molecule has 1 atom stereocenters. The number of pyridine rings is 1. The zero-order valence-corrected chi connectivity index (χ0v) is 17.5. The number of nitrogens with zero attached hydrogens (tertiary/aromatic N) is 1. The number of fused-ring (bicyclic) bond motifs is 5. The molecule has 3 aromatic carbocycles. The molecule has 0 amide bonds. The molecule has 1 heterocycles. The number of hydrogen-bond donors (Lipinski definition) is 0. The largest absolute Gasteiger partial charge is 0.265 e. The fourth-order valence-corrected chi connectivity index (χ4v) is 3.66. The monoisotopic (exact) mass is 389 g/mol. The maximum absolute atomic E-state index is 3.78. The van der Waals surface area contributed by atoms with Crippen LogP contribution in [0.3, 0.4) is 0 Å². The molecule has 1 aliphatic rings. The van der Waals surface area contributed by atoms with Gasteiger partial charge in [-0.05, 0) is 70.5 Å². The summed E-state index contributed by atoms with van der Waals surface area (Å²) in [6.07, 6.45) is 8.72. The molecule has 1 aromatic heterocycles. The van der Waals surface area contributed by atoms with Gasteiger partial charge in [0.05, 0.1) is 0 Å². The molecule has 1 aliphatic carbocycles. The SMILES string of the molecule is [AsH3].c1ccc2c(c1)ccc1c3c(ccc12)CCCC3.c1ccncc1. The van der Waals surface area contributed by atoms with E-state index in [0.29, 0.717) is 0 Å². The van der Waals surface area contributed by atoms with Crippen LogP contribution in [-0.4, -0.2) is 22.9 Å². The Labute approximate surface area is 160 Å². The van der Waals surface area contributed by atoms with Crippen LogP contribution in [0.15, 0.2) is 79.1 Å². The summed E-state index contributed by atoms with van der Waals surface area (Å²) in [6, 6.07) is 23.7.